The van der Waals surface area contributed by atoms with Gasteiger partial charge >= 0.3 is 11.9 Å². The molecule has 0 bridgehead atoms. The molecule has 209 valence electrons. The van der Waals surface area contributed by atoms with Crippen LogP contribution in [-0.2, 0) is 117 Å². The van der Waals surface area contributed by atoms with Crippen LogP contribution in [0, 0.1) is 0 Å². The number of phenols is 1. The van der Waals surface area contributed by atoms with Crippen molar-refractivity contribution in [3.05, 3.63) is 84.9 Å². The van der Waals surface area contributed by atoms with Crippen molar-refractivity contribution in [2.45, 2.75) is 30.6 Å². The van der Waals surface area contributed by atoms with Crippen LogP contribution in [0.15, 0.2) is 89.8 Å². The number of carboxylic acids is 2. The number of carboxylic acid groups (broad SMARTS) is 2. The van der Waals surface area contributed by atoms with Crippen molar-refractivity contribution in [3.63, 3.8) is 0 Å². The Kier molecular flexibility index (Phi) is 28.8. The predicted octanol–water partition coefficient (Wildman–Crippen LogP) is 5.17. The van der Waals surface area contributed by atoms with Crippen LogP contribution in [0.1, 0.15) is 25.7 Å². The topological polar surface area (TPSA) is 147 Å². The van der Waals surface area contributed by atoms with Crippen molar-refractivity contribution in [1.82, 2.24) is 0 Å². The van der Waals surface area contributed by atoms with Crippen LogP contribution in [0.5, 0.6) is 17.2 Å². The molecule has 14 heteroatoms. The average Bonchev–Trinajstić information content (AvgIpc) is 2.86. The Labute approximate surface area is 314 Å². The van der Waals surface area contributed by atoms with Gasteiger partial charge in [-0.25, -0.2) is 8.42 Å². The molecule has 0 amide bonds. The predicted molar refractivity (Wildman–Crippen MR) is 139 cm³/mol. The van der Waals surface area contributed by atoms with Crippen LogP contribution in [-0.4, -0.2) is 48.9 Å². The maximum Gasteiger partial charge on any atom is 0.303 e. The Morgan fingerprint density at radius 3 is 1.35 bits per heavy atom. The van der Waals surface area contributed by atoms with Crippen molar-refractivity contribution in [3.8, 4) is 17.2 Å². The van der Waals surface area contributed by atoms with Crippen LogP contribution in [0.3, 0.4) is 0 Å². The fraction of sp³-hybridized carbons (Fsp3) is 0.231. The molecule has 3 aromatic carbocycles. The molecule has 0 aliphatic carbocycles. The van der Waals surface area contributed by atoms with E-state index in [-0.39, 0.29) is 122 Å². The number of para-hydroxylation sites is 2. The number of halogens is 1. The van der Waals surface area contributed by atoms with E-state index in [1.54, 1.807) is 24.3 Å². The summed E-state index contributed by atoms with van der Waals surface area (Å²) >= 11 is 0. The molecule has 0 aliphatic heterocycles. The van der Waals surface area contributed by atoms with E-state index < -0.39 is 21.0 Å². The summed E-state index contributed by atoms with van der Waals surface area (Å²) in [5.41, 5.74) is 0. The van der Waals surface area contributed by atoms with Crippen molar-refractivity contribution in [2.75, 3.05) is 13.2 Å². The summed E-state index contributed by atoms with van der Waals surface area (Å²) in [6.45, 7) is 0.718. The van der Waals surface area contributed by atoms with Gasteiger partial charge in [-0.15, -0.1) is 0 Å². The fourth-order valence-electron chi connectivity index (χ4n) is 2.47. The molecule has 0 saturated carbocycles. The van der Waals surface area contributed by atoms with E-state index in [1.165, 1.54) is 24.3 Å². The largest absolute Gasteiger partial charge is 0.508 e. The molecule has 3 rings (SSSR count). The van der Waals surface area contributed by atoms with Gasteiger partial charge in [0.15, 0.2) is 0 Å². The second kappa shape index (κ2) is 26.2. The molecule has 0 saturated heterocycles. The first-order valence-electron chi connectivity index (χ1n) is 11.1. The van der Waals surface area contributed by atoms with E-state index in [4.69, 9.17) is 35.5 Å². The molecular formula is C26H29ClO9SY3. The van der Waals surface area contributed by atoms with Gasteiger partial charge in [0.05, 0.1) is 18.1 Å². The van der Waals surface area contributed by atoms with Gasteiger partial charge in [-0.2, -0.15) is 0 Å². The summed E-state index contributed by atoms with van der Waals surface area (Å²) in [5.74, 6) is -0.0799. The number of ether oxygens (including phenoxy) is 2. The zero-order valence-electron chi connectivity index (χ0n) is 21.6. The standard InChI is InChI=1S/C10H11ClO5S.C10H12O3.C6H6O.3Y/c11-17(14,15)9-5-3-8(4-6-9)16-7-1-2-10(12)13;11-10(12)7-4-8-13-9-5-2-1-3-6-9;7-6-4-2-1-3-5-6;;;/h3-6H,1-2,7H2,(H,12,13);1-3,5-6H,4,7-8H2,(H,11,12);1-5,7H;;;. The summed E-state index contributed by atoms with van der Waals surface area (Å²) < 4.78 is 32.4. The summed E-state index contributed by atoms with van der Waals surface area (Å²) in [4.78, 5) is 20.4. The Bertz CT molecular complexity index is 1170. The zero-order chi connectivity index (χ0) is 27.5. The summed E-state index contributed by atoms with van der Waals surface area (Å²) in [6.07, 6.45) is 1.14. The van der Waals surface area contributed by atoms with Crippen molar-refractivity contribution >= 4 is 31.7 Å². The van der Waals surface area contributed by atoms with Gasteiger partial charge in [0.2, 0.25) is 0 Å². The van der Waals surface area contributed by atoms with Crippen molar-refractivity contribution in [1.29, 1.82) is 0 Å². The quantitative estimate of drug-likeness (QED) is 0.176. The Hall–Kier alpha value is -0.448. The van der Waals surface area contributed by atoms with Gasteiger partial charge in [0, 0.05) is 122 Å². The average molecular weight is 820 g/mol. The second-order valence-corrected chi connectivity index (χ2v) is 9.82. The number of benzene rings is 3. The van der Waals surface area contributed by atoms with E-state index in [9.17, 15) is 18.0 Å². The maximum atomic E-state index is 10.9. The monoisotopic (exact) mass is 819 g/mol. The van der Waals surface area contributed by atoms with Crippen LogP contribution in [0.4, 0.5) is 0 Å². The smallest absolute Gasteiger partial charge is 0.303 e. The number of aliphatic carboxylic acids is 2. The third kappa shape index (κ3) is 24.2. The first kappa shape index (κ1) is 44.0. The summed E-state index contributed by atoms with van der Waals surface area (Å²) in [7, 11) is 1.42. The van der Waals surface area contributed by atoms with Gasteiger partial charge in [-0.1, -0.05) is 36.4 Å². The molecule has 0 aliphatic rings. The number of carbonyl (C=O) groups is 2. The molecule has 3 N–H and O–H groups in total. The number of hydrogen-bond donors (Lipinski definition) is 3. The molecule has 9 nitrogen and oxygen atoms in total. The SMILES string of the molecule is O=C(O)CCCOc1ccc(S(=O)(=O)Cl)cc1.O=C(O)CCCOc1ccccc1.Oc1ccccc1.[Y].[Y].[Y]. The molecular weight excluding hydrogens is 791 g/mol. The van der Waals surface area contributed by atoms with E-state index >= 15 is 0 Å². The van der Waals surface area contributed by atoms with Crippen LogP contribution >= 0.6 is 10.7 Å². The maximum absolute atomic E-state index is 10.9. The molecule has 40 heavy (non-hydrogen) atoms. The molecule has 0 heterocycles. The first-order chi connectivity index (χ1) is 17.6. The number of phenolic OH excluding ortho intramolecular Hbond substituents is 1. The van der Waals surface area contributed by atoms with Gasteiger partial charge in [0.1, 0.15) is 17.2 Å². The fourth-order valence-corrected chi connectivity index (χ4v) is 3.24. The molecule has 0 spiro atoms. The van der Waals surface area contributed by atoms with Crippen molar-refractivity contribution in [2.24, 2.45) is 0 Å². The summed E-state index contributed by atoms with van der Waals surface area (Å²) in [6, 6.07) is 23.7. The minimum atomic E-state index is -3.72. The Morgan fingerprint density at radius 1 is 0.650 bits per heavy atom. The molecule has 3 radical (unpaired) electrons. The second-order valence-electron chi connectivity index (χ2n) is 7.25. The third-order valence-corrected chi connectivity index (χ3v) is 5.58. The van der Waals surface area contributed by atoms with Crippen LogP contribution in [0.2, 0.25) is 0 Å². The van der Waals surface area contributed by atoms with Gasteiger partial charge in [-0.05, 0) is 61.4 Å². The van der Waals surface area contributed by atoms with Crippen LogP contribution < -0.4 is 9.47 Å². The number of aromatic hydroxyl groups is 1. The van der Waals surface area contributed by atoms with E-state index in [2.05, 4.69) is 0 Å². The summed E-state index contributed by atoms with van der Waals surface area (Å²) in [5, 5.41) is 25.4. The van der Waals surface area contributed by atoms with Crippen molar-refractivity contribution < 1.29 is 141 Å². The molecule has 0 unspecified atom stereocenters. The van der Waals surface area contributed by atoms with Gasteiger partial charge < -0.3 is 24.8 Å². The minimum absolute atomic E-state index is 0. The Morgan fingerprint density at radius 2 is 1.02 bits per heavy atom. The first-order valence-corrected chi connectivity index (χ1v) is 13.4. The van der Waals surface area contributed by atoms with E-state index in [0.717, 1.165) is 5.75 Å². The minimum Gasteiger partial charge on any atom is -0.508 e. The molecule has 0 fully saturated rings. The Balaban J connectivity index is -0.000000530. The van der Waals surface area contributed by atoms with E-state index in [1.807, 2.05) is 36.4 Å². The van der Waals surface area contributed by atoms with Gasteiger partial charge in [-0.3, -0.25) is 9.59 Å². The molecule has 0 atom stereocenters. The zero-order valence-corrected chi connectivity index (χ0v) is 31.7. The van der Waals surface area contributed by atoms with E-state index in [0.29, 0.717) is 30.9 Å². The van der Waals surface area contributed by atoms with Crippen LogP contribution in [0.25, 0.3) is 0 Å². The number of hydrogen-bond acceptors (Lipinski definition) is 7. The van der Waals surface area contributed by atoms with Gasteiger partial charge in [0.25, 0.3) is 9.05 Å². The molecule has 3 aromatic rings. The molecule has 0 aromatic heterocycles. The normalized spacial score (nSPS) is 9.32. The number of rotatable bonds is 11. The third-order valence-electron chi connectivity index (χ3n) is 4.21.